The Hall–Kier alpha value is -4.11. The van der Waals surface area contributed by atoms with Crippen LogP contribution in [0.3, 0.4) is 0 Å². The normalized spacial score (nSPS) is 17.3. The second-order valence-electron chi connectivity index (χ2n) is 12.7. The Labute approximate surface area is 258 Å². The van der Waals surface area contributed by atoms with Crippen LogP contribution in [0, 0.1) is 29.9 Å². The lowest BCUT2D eigenvalue weighted by Gasteiger charge is -2.43. The molecule has 1 aliphatic rings. The van der Waals surface area contributed by atoms with Crippen LogP contribution >= 0.6 is 0 Å². The molecule has 4 aromatic rings. The molecule has 5 rings (SSSR count). The highest BCUT2D eigenvalue weighted by molar-refractivity contribution is 5.98. The van der Waals surface area contributed by atoms with Crippen molar-refractivity contribution in [3.63, 3.8) is 0 Å². The molecule has 0 radical (unpaired) electrons. The number of aromatic nitrogens is 3. The Bertz CT molecular complexity index is 1640. The van der Waals surface area contributed by atoms with Crippen molar-refractivity contribution in [1.29, 1.82) is 0 Å². The minimum Gasteiger partial charge on any atom is -0.457 e. The fraction of sp³-hybridized carbons (Fsp3) is 0.400. The maximum Gasteiger partial charge on any atom is 0.256 e. The number of piperidine rings is 1. The molecule has 1 aromatic heterocycles. The second-order valence-corrected chi connectivity index (χ2v) is 12.7. The first-order chi connectivity index (χ1) is 20.9. The standard InChI is InChI=1S/C35H41F2N5O2/c1-23-10-12-30(32(18-23)42-21-28(38-39-42)15-17-41-16-14-24(2)35(4,5)22-41)34(43)40(6)25(3)31-20-27(37)11-13-33(31)44-29-9-7-8-26(36)19-29/h7-13,18-21,24-25H,14-17,22H2,1-6H3. The lowest BCUT2D eigenvalue weighted by atomic mass is 9.75. The predicted octanol–water partition coefficient (Wildman–Crippen LogP) is 7.39. The van der Waals surface area contributed by atoms with Crippen molar-refractivity contribution in [2.24, 2.45) is 11.3 Å². The molecule has 44 heavy (non-hydrogen) atoms. The quantitative estimate of drug-likeness (QED) is 0.200. The van der Waals surface area contributed by atoms with Crippen molar-refractivity contribution in [3.8, 4) is 17.2 Å². The number of likely N-dealkylation sites (tertiary alicyclic amines) is 1. The van der Waals surface area contributed by atoms with E-state index in [1.165, 1.54) is 47.7 Å². The Morgan fingerprint density at radius 1 is 1.11 bits per heavy atom. The van der Waals surface area contributed by atoms with Crippen molar-refractivity contribution in [2.45, 2.75) is 53.5 Å². The van der Waals surface area contributed by atoms with Gasteiger partial charge in [-0.2, -0.15) is 0 Å². The first-order valence-electron chi connectivity index (χ1n) is 15.2. The number of rotatable bonds is 9. The molecule has 3 aromatic carbocycles. The molecule has 1 aliphatic heterocycles. The van der Waals surface area contributed by atoms with Gasteiger partial charge < -0.3 is 14.5 Å². The van der Waals surface area contributed by atoms with Gasteiger partial charge in [0.2, 0.25) is 0 Å². The summed E-state index contributed by atoms with van der Waals surface area (Å²) in [6, 6.07) is 14.8. The average Bonchev–Trinajstić information content (AvgIpc) is 3.46. The Kier molecular flexibility index (Phi) is 9.15. The van der Waals surface area contributed by atoms with Gasteiger partial charge in [0.05, 0.1) is 29.2 Å². The smallest absolute Gasteiger partial charge is 0.256 e. The maximum atomic E-state index is 14.4. The summed E-state index contributed by atoms with van der Waals surface area (Å²) < 4.78 is 35.8. The summed E-state index contributed by atoms with van der Waals surface area (Å²) in [6.45, 7) is 13.8. The molecule has 232 valence electrons. The Balaban J connectivity index is 1.35. The molecule has 2 unspecified atom stereocenters. The number of aryl methyl sites for hydroxylation is 1. The first kappa shape index (κ1) is 31.3. The highest BCUT2D eigenvalue weighted by atomic mass is 19.1. The highest BCUT2D eigenvalue weighted by Crippen LogP contribution is 2.35. The van der Waals surface area contributed by atoms with Gasteiger partial charge >= 0.3 is 0 Å². The van der Waals surface area contributed by atoms with Gasteiger partial charge in [0.25, 0.3) is 5.91 Å². The molecule has 0 aliphatic carbocycles. The van der Waals surface area contributed by atoms with Crippen molar-refractivity contribution >= 4 is 5.91 Å². The second kappa shape index (κ2) is 12.9. The lowest BCUT2D eigenvalue weighted by Crippen LogP contribution is -2.45. The maximum absolute atomic E-state index is 14.4. The van der Waals surface area contributed by atoms with E-state index in [0.29, 0.717) is 28.5 Å². The van der Waals surface area contributed by atoms with Gasteiger partial charge in [-0.25, -0.2) is 13.5 Å². The zero-order chi connectivity index (χ0) is 31.6. The number of amides is 1. The molecule has 0 bridgehead atoms. The van der Waals surface area contributed by atoms with Crippen LogP contribution in [0.5, 0.6) is 11.5 Å². The summed E-state index contributed by atoms with van der Waals surface area (Å²) in [6.07, 6.45) is 3.85. The topological polar surface area (TPSA) is 63.5 Å². The first-order valence-corrected chi connectivity index (χ1v) is 15.2. The van der Waals surface area contributed by atoms with E-state index in [-0.39, 0.29) is 17.1 Å². The molecule has 7 nitrogen and oxygen atoms in total. The van der Waals surface area contributed by atoms with Crippen LogP contribution in [0.1, 0.15) is 67.3 Å². The number of carbonyl (C=O) groups excluding carboxylic acids is 1. The Morgan fingerprint density at radius 3 is 2.64 bits per heavy atom. The van der Waals surface area contributed by atoms with E-state index in [9.17, 15) is 13.6 Å². The van der Waals surface area contributed by atoms with Crippen LogP contribution in [0.2, 0.25) is 0 Å². The van der Waals surface area contributed by atoms with Crippen molar-refractivity contribution in [3.05, 3.63) is 101 Å². The van der Waals surface area contributed by atoms with Gasteiger partial charge in [-0.05, 0) is 86.2 Å². The van der Waals surface area contributed by atoms with E-state index in [2.05, 4.69) is 36.0 Å². The Morgan fingerprint density at radius 2 is 1.89 bits per heavy atom. The van der Waals surface area contributed by atoms with Crippen molar-refractivity contribution in [1.82, 2.24) is 24.8 Å². The minimum atomic E-state index is -0.571. The molecule has 9 heteroatoms. The fourth-order valence-electron chi connectivity index (χ4n) is 5.76. The third-order valence-electron chi connectivity index (χ3n) is 9.05. The molecule has 0 spiro atoms. The summed E-state index contributed by atoms with van der Waals surface area (Å²) >= 11 is 0. The number of ether oxygens (including phenoxy) is 1. The molecule has 1 amide bonds. The summed E-state index contributed by atoms with van der Waals surface area (Å²) in [5.41, 5.74) is 3.64. The summed E-state index contributed by atoms with van der Waals surface area (Å²) in [5.74, 6) is 0.135. The zero-order valence-electron chi connectivity index (χ0n) is 26.3. The molecule has 2 atom stereocenters. The van der Waals surface area contributed by atoms with Gasteiger partial charge in [-0.1, -0.05) is 38.1 Å². The lowest BCUT2D eigenvalue weighted by molar-refractivity contribution is 0.0655. The van der Waals surface area contributed by atoms with Gasteiger partial charge in [0, 0.05) is 38.2 Å². The third-order valence-corrected chi connectivity index (χ3v) is 9.05. The molecule has 1 fully saturated rings. The number of nitrogens with zero attached hydrogens (tertiary/aromatic N) is 5. The van der Waals surface area contributed by atoms with Crippen molar-refractivity contribution in [2.75, 3.05) is 26.7 Å². The minimum absolute atomic E-state index is 0.268. The van der Waals surface area contributed by atoms with Crippen LogP contribution in [0.15, 0.2) is 66.9 Å². The van der Waals surface area contributed by atoms with Gasteiger partial charge in [-0.15, -0.1) is 5.10 Å². The molecular weight excluding hydrogens is 560 g/mol. The van der Waals surface area contributed by atoms with E-state index < -0.39 is 17.7 Å². The number of benzene rings is 3. The zero-order valence-corrected chi connectivity index (χ0v) is 26.3. The van der Waals surface area contributed by atoms with Crippen LogP contribution in [-0.4, -0.2) is 57.4 Å². The fourth-order valence-corrected chi connectivity index (χ4v) is 5.76. The van der Waals surface area contributed by atoms with Crippen LogP contribution < -0.4 is 4.74 Å². The van der Waals surface area contributed by atoms with E-state index in [1.807, 2.05) is 25.3 Å². The van der Waals surface area contributed by atoms with Crippen LogP contribution in [0.25, 0.3) is 5.69 Å². The van der Waals surface area contributed by atoms with Gasteiger partial charge in [-0.3, -0.25) is 4.79 Å². The van der Waals surface area contributed by atoms with Crippen LogP contribution in [0.4, 0.5) is 8.78 Å². The molecule has 2 heterocycles. The van der Waals surface area contributed by atoms with E-state index in [1.54, 1.807) is 30.8 Å². The predicted molar refractivity (Wildman–Crippen MR) is 167 cm³/mol. The SMILES string of the molecule is Cc1ccc(C(=O)N(C)C(C)c2cc(F)ccc2Oc2cccc(F)c2)c(-n2cc(CCN3CCC(C)C(C)(C)C3)nn2)c1. The highest BCUT2D eigenvalue weighted by Gasteiger charge is 2.32. The van der Waals surface area contributed by atoms with Gasteiger partial charge in [0.15, 0.2) is 0 Å². The van der Waals surface area contributed by atoms with Crippen LogP contribution in [-0.2, 0) is 6.42 Å². The number of hydrogen-bond donors (Lipinski definition) is 0. The summed E-state index contributed by atoms with van der Waals surface area (Å²) in [7, 11) is 1.67. The number of hydrogen-bond acceptors (Lipinski definition) is 5. The summed E-state index contributed by atoms with van der Waals surface area (Å²) in [4.78, 5) is 18.0. The van der Waals surface area contributed by atoms with Gasteiger partial charge in [0.1, 0.15) is 23.1 Å². The number of carbonyl (C=O) groups is 1. The summed E-state index contributed by atoms with van der Waals surface area (Å²) in [5, 5.41) is 8.82. The molecule has 1 saturated heterocycles. The molecule has 0 saturated carbocycles. The molecular formula is C35H41F2N5O2. The van der Waals surface area contributed by atoms with Crippen molar-refractivity contribution < 1.29 is 18.3 Å². The third kappa shape index (κ3) is 6.99. The monoisotopic (exact) mass is 601 g/mol. The van der Waals surface area contributed by atoms with E-state index in [4.69, 9.17) is 4.74 Å². The average molecular weight is 602 g/mol. The largest absolute Gasteiger partial charge is 0.457 e. The van der Waals surface area contributed by atoms with E-state index in [0.717, 1.165) is 37.3 Å². The number of halogens is 2. The molecule has 0 N–H and O–H groups in total. The van der Waals surface area contributed by atoms with E-state index >= 15 is 0 Å².